The average molecular weight is 627 g/mol. The van der Waals surface area contributed by atoms with Crippen LogP contribution in [-0.4, -0.2) is 26.9 Å². The summed E-state index contributed by atoms with van der Waals surface area (Å²) in [4.78, 5) is 14.8. The largest absolute Gasteiger partial charge is 0.342 e. The van der Waals surface area contributed by atoms with Gasteiger partial charge in [-0.05, 0) is 66.4 Å². The quantitative estimate of drug-likeness (QED) is 0.170. The van der Waals surface area contributed by atoms with Crippen LogP contribution in [0.15, 0.2) is 112 Å². The zero-order chi connectivity index (χ0) is 28.5. The molecule has 1 amide bonds. The van der Waals surface area contributed by atoms with Crippen LogP contribution >= 0.6 is 27.7 Å². The SMILES string of the molecule is Cc1ccc(C)c(Cn2cc(SCC(=O)N3N=C(c4ccc(Br)cc4)CC3c3ccc(F)cc3)c3ccccc32)c1. The highest BCUT2D eigenvalue weighted by molar-refractivity contribution is 9.10. The summed E-state index contributed by atoms with van der Waals surface area (Å²) in [5.41, 5.74) is 7.61. The van der Waals surface area contributed by atoms with Gasteiger partial charge in [-0.1, -0.05) is 82.2 Å². The van der Waals surface area contributed by atoms with E-state index in [1.807, 2.05) is 30.3 Å². The number of amides is 1. The Kier molecular flexibility index (Phi) is 7.82. The van der Waals surface area contributed by atoms with Crippen molar-refractivity contribution in [3.05, 3.63) is 135 Å². The van der Waals surface area contributed by atoms with E-state index in [0.29, 0.717) is 6.42 Å². The summed E-state index contributed by atoms with van der Waals surface area (Å²) >= 11 is 5.02. The summed E-state index contributed by atoms with van der Waals surface area (Å²) in [6, 6.07) is 28.9. The molecule has 5 aromatic rings. The van der Waals surface area contributed by atoms with Crippen LogP contribution in [0, 0.1) is 19.7 Å². The predicted octanol–water partition coefficient (Wildman–Crippen LogP) is 8.68. The van der Waals surface area contributed by atoms with Crippen molar-refractivity contribution < 1.29 is 9.18 Å². The first kappa shape index (κ1) is 27.5. The van der Waals surface area contributed by atoms with Gasteiger partial charge in [0.15, 0.2) is 0 Å². The van der Waals surface area contributed by atoms with Crippen LogP contribution in [0.5, 0.6) is 0 Å². The lowest BCUT2D eigenvalue weighted by molar-refractivity contribution is -0.130. The van der Waals surface area contributed by atoms with Gasteiger partial charge in [-0.15, -0.1) is 11.8 Å². The van der Waals surface area contributed by atoms with Gasteiger partial charge in [0.05, 0.1) is 17.5 Å². The minimum Gasteiger partial charge on any atom is -0.342 e. The third-order valence-corrected chi connectivity index (χ3v) is 9.10. The molecule has 0 saturated carbocycles. The Morgan fingerprint density at radius 3 is 2.54 bits per heavy atom. The molecule has 4 nitrogen and oxygen atoms in total. The molecule has 4 aromatic carbocycles. The van der Waals surface area contributed by atoms with Crippen molar-refractivity contribution in [1.29, 1.82) is 0 Å². The zero-order valence-corrected chi connectivity index (χ0v) is 25.3. The standard InChI is InChI=1S/C34H29BrFN3OS/c1-22-7-8-23(2)26(17-22)19-38-20-33(29-5-3-4-6-31(29)38)41-21-34(40)39-32(25-11-15-28(36)16-12-25)18-30(37-39)24-9-13-27(35)14-10-24/h3-17,20,32H,18-19,21H2,1-2H3. The van der Waals surface area contributed by atoms with Crippen molar-refractivity contribution in [1.82, 2.24) is 9.58 Å². The molecule has 1 atom stereocenters. The number of hydrazone groups is 1. The van der Waals surface area contributed by atoms with Crippen molar-refractivity contribution in [2.45, 2.75) is 37.8 Å². The number of hydrogen-bond acceptors (Lipinski definition) is 3. The fourth-order valence-corrected chi connectivity index (χ4v) is 6.53. The molecule has 1 unspecified atom stereocenters. The lowest BCUT2D eigenvalue weighted by Crippen LogP contribution is -2.28. The number of hydrogen-bond donors (Lipinski definition) is 0. The van der Waals surface area contributed by atoms with Crippen molar-refractivity contribution in [3.8, 4) is 0 Å². The molecule has 0 saturated heterocycles. The molecule has 1 aromatic heterocycles. The normalized spacial score (nSPS) is 15.0. The summed E-state index contributed by atoms with van der Waals surface area (Å²) in [5.74, 6) is -0.138. The lowest BCUT2D eigenvalue weighted by atomic mass is 9.98. The molecule has 6 rings (SSSR count). The van der Waals surface area contributed by atoms with E-state index < -0.39 is 0 Å². The Hall–Kier alpha value is -3.68. The molecule has 0 fully saturated rings. The van der Waals surface area contributed by atoms with Crippen molar-refractivity contribution in [2.24, 2.45) is 5.10 Å². The molecule has 206 valence electrons. The van der Waals surface area contributed by atoms with Crippen LogP contribution < -0.4 is 0 Å². The number of para-hydroxylation sites is 1. The van der Waals surface area contributed by atoms with E-state index in [-0.39, 0.29) is 23.5 Å². The summed E-state index contributed by atoms with van der Waals surface area (Å²) in [5, 5.41) is 7.52. The molecular formula is C34H29BrFN3OS. The highest BCUT2D eigenvalue weighted by atomic mass is 79.9. The lowest BCUT2D eigenvalue weighted by Gasteiger charge is -2.22. The minimum absolute atomic E-state index is 0.0807. The Labute approximate surface area is 252 Å². The maximum atomic E-state index is 13.7. The molecule has 1 aliphatic heterocycles. The van der Waals surface area contributed by atoms with Crippen molar-refractivity contribution >= 4 is 50.2 Å². The van der Waals surface area contributed by atoms with E-state index in [1.54, 1.807) is 17.1 Å². The number of carbonyl (C=O) groups is 1. The van der Waals surface area contributed by atoms with E-state index in [2.05, 4.69) is 76.9 Å². The number of aryl methyl sites for hydroxylation is 2. The summed E-state index contributed by atoms with van der Waals surface area (Å²) < 4.78 is 17.0. The molecule has 7 heteroatoms. The fraction of sp³-hybridized carbons (Fsp3) is 0.176. The van der Waals surface area contributed by atoms with Gasteiger partial charge in [0.2, 0.25) is 0 Å². The second-order valence-corrected chi connectivity index (χ2v) is 12.4. The Bertz CT molecular complexity index is 1760. The fourth-order valence-electron chi connectivity index (χ4n) is 5.32. The number of carbonyl (C=O) groups excluding carboxylic acids is 1. The predicted molar refractivity (Wildman–Crippen MR) is 169 cm³/mol. The number of benzene rings is 4. The molecule has 41 heavy (non-hydrogen) atoms. The Morgan fingerprint density at radius 1 is 1.00 bits per heavy atom. The van der Waals surface area contributed by atoms with Crippen molar-refractivity contribution in [3.63, 3.8) is 0 Å². The summed E-state index contributed by atoms with van der Waals surface area (Å²) in [6.07, 6.45) is 2.72. The Morgan fingerprint density at radius 2 is 1.76 bits per heavy atom. The second kappa shape index (κ2) is 11.7. The van der Waals surface area contributed by atoms with Crippen LogP contribution in [0.25, 0.3) is 10.9 Å². The van der Waals surface area contributed by atoms with E-state index in [0.717, 1.165) is 43.7 Å². The van der Waals surface area contributed by atoms with Gasteiger partial charge in [-0.3, -0.25) is 4.79 Å². The van der Waals surface area contributed by atoms with Gasteiger partial charge < -0.3 is 4.57 Å². The molecule has 0 bridgehead atoms. The van der Waals surface area contributed by atoms with Crippen LogP contribution in [0.4, 0.5) is 4.39 Å². The first-order valence-electron chi connectivity index (χ1n) is 13.5. The minimum atomic E-state index is -0.300. The number of rotatable bonds is 7. The number of aromatic nitrogens is 1. The molecule has 1 aliphatic rings. The summed E-state index contributed by atoms with van der Waals surface area (Å²) in [7, 11) is 0. The summed E-state index contributed by atoms with van der Waals surface area (Å²) in [6.45, 7) is 5.03. The van der Waals surface area contributed by atoms with E-state index in [1.165, 1.54) is 40.6 Å². The third kappa shape index (κ3) is 5.88. The van der Waals surface area contributed by atoms with Gasteiger partial charge in [0.25, 0.3) is 5.91 Å². The molecule has 0 radical (unpaired) electrons. The second-order valence-electron chi connectivity index (χ2n) is 10.4. The molecular weight excluding hydrogens is 597 g/mol. The maximum Gasteiger partial charge on any atom is 0.253 e. The van der Waals surface area contributed by atoms with Gasteiger partial charge in [0.1, 0.15) is 5.82 Å². The van der Waals surface area contributed by atoms with E-state index >= 15 is 0 Å². The van der Waals surface area contributed by atoms with Gasteiger partial charge >= 0.3 is 0 Å². The molecule has 0 spiro atoms. The van der Waals surface area contributed by atoms with Crippen LogP contribution in [0.1, 0.15) is 40.3 Å². The van der Waals surface area contributed by atoms with Crippen molar-refractivity contribution in [2.75, 3.05) is 5.75 Å². The number of thioether (sulfide) groups is 1. The first-order chi connectivity index (χ1) is 19.9. The first-order valence-corrected chi connectivity index (χ1v) is 15.3. The molecule has 2 heterocycles. The maximum absolute atomic E-state index is 13.7. The monoisotopic (exact) mass is 625 g/mol. The van der Waals surface area contributed by atoms with Crippen LogP contribution in [-0.2, 0) is 11.3 Å². The third-order valence-electron chi connectivity index (χ3n) is 7.55. The average Bonchev–Trinajstić information content (AvgIpc) is 3.57. The topological polar surface area (TPSA) is 37.6 Å². The van der Waals surface area contributed by atoms with Gasteiger partial charge in [0, 0.05) is 39.4 Å². The smallest absolute Gasteiger partial charge is 0.253 e. The van der Waals surface area contributed by atoms with E-state index in [4.69, 9.17) is 5.10 Å². The number of nitrogens with zero attached hydrogens (tertiary/aromatic N) is 3. The van der Waals surface area contributed by atoms with E-state index in [9.17, 15) is 9.18 Å². The number of halogens is 2. The Balaban J connectivity index is 1.26. The van der Waals surface area contributed by atoms with Gasteiger partial charge in [-0.2, -0.15) is 5.10 Å². The molecule has 0 N–H and O–H groups in total. The van der Waals surface area contributed by atoms with Gasteiger partial charge in [-0.25, -0.2) is 9.40 Å². The van der Waals surface area contributed by atoms with Crippen LogP contribution in [0.2, 0.25) is 0 Å². The number of fused-ring (bicyclic) bond motifs is 1. The highest BCUT2D eigenvalue weighted by Gasteiger charge is 2.33. The highest BCUT2D eigenvalue weighted by Crippen LogP contribution is 2.36. The zero-order valence-electron chi connectivity index (χ0n) is 22.9. The molecule has 0 aliphatic carbocycles. The van der Waals surface area contributed by atoms with Crippen LogP contribution in [0.3, 0.4) is 0 Å².